The quantitative estimate of drug-likeness (QED) is 0.713. The number of benzene rings is 1. The van der Waals surface area contributed by atoms with E-state index in [1.807, 2.05) is 36.5 Å². The Morgan fingerprint density at radius 2 is 1.92 bits per heavy atom. The van der Waals surface area contributed by atoms with Crippen molar-refractivity contribution in [3.05, 3.63) is 65.1 Å². The fourth-order valence-electron chi connectivity index (χ4n) is 3.42. The van der Waals surface area contributed by atoms with E-state index in [0.717, 1.165) is 55.0 Å². The average Bonchev–Trinajstić information content (AvgIpc) is 2.68. The Bertz CT molecular complexity index is 959. The molecular formula is C20H18ClN5. The van der Waals surface area contributed by atoms with Gasteiger partial charge in [0.25, 0.3) is 0 Å². The summed E-state index contributed by atoms with van der Waals surface area (Å²) in [6.45, 7) is 4.40. The summed E-state index contributed by atoms with van der Waals surface area (Å²) >= 11 is 6.19. The molecule has 3 heterocycles. The minimum absolute atomic E-state index is 0.595. The standard InChI is InChI=1S/C20H18ClN5/c21-16-4-5-19-18(11-16)20(15(12-22)13-24-19)26-9-7-25(8-10-26)14-17-3-1-2-6-23-17/h1-6,11,13H,7-10,14H2. The van der Waals surface area contributed by atoms with Gasteiger partial charge in [0.15, 0.2) is 0 Å². The highest BCUT2D eigenvalue weighted by atomic mass is 35.5. The predicted octanol–water partition coefficient (Wildman–Crippen LogP) is 3.48. The van der Waals surface area contributed by atoms with Crippen molar-refractivity contribution in [1.82, 2.24) is 14.9 Å². The second-order valence-electron chi connectivity index (χ2n) is 6.38. The molecule has 0 aliphatic carbocycles. The summed E-state index contributed by atoms with van der Waals surface area (Å²) in [5, 5.41) is 11.2. The summed E-state index contributed by atoms with van der Waals surface area (Å²) in [6, 6.07) is 13.9. The van der Waals surface area contributed by atoms with Gasteiger partial charge in [-0.25, -0.2) is 0 Å². The molecule has 0 N–H and O–H groups in total. The van der Waals surface area contributed by atoms with Crippen LogP contribution < -0.4 is 4.90 Å². The first kappa shape index (κ1) is 16.8. The molecule has 0 saturated carbocycles. The summed E-state index contributed by atoms with van der Waals surface area (Å²) in [5.41, 5.74) is 3.48. The molecule has 2 aromatic heterocycles. The molecule has 0 atom stereocenters. The van der Waals surface area contributed by atoms with Gasteiger partial charge < -0.3 is 4.90 Å². The monoisotopic (exact) mass is 363 g/mol. The van der Waals surface area contributed by atoms with E-state index in [0.29, 0.717) is 10.6 Å². The van der Waals surface area contributed by atoms with E-state index < -0.39 is 0 Å². The predicted molar refractivity (Wildman–Crippen MR) is 103 cm³/mol. The molecule has 0 amide bonds. The largest absolute Gasteiger partial charge is 0.367 e. The highest BCUT2D eigenvalue weighted by molar-refractivity contribution is 6.31. The molecule has 0 radical (unpaired) electrons. The van der Waals surface area contributed by atoms with E-state index in [1.54, 1.807) is 6.20 Å². The molecule has 1 aliphatic rings. The van der Waals surface area contributed by atoms with Crippen LogP contribution in [0.2, 0.25) is 5.02 Å². The molecule has 130 valence electrons. The first-order valence-electron chi connectivity index (χ1n) is 8.60. The van der Waals surface area contributed by atoms with Crippen LogP contribution in [0.4, 0.5) is 5.69 Å². The molecule has 26 heavy (non-hydrogen) atoms. The van der Waals surface area contributed by atoms with Gasteiger partial charge in [0.05, 0.1) is 22.5 Å². The summed E-state index contributed by atoms with van der Waals surface area (Å²) in [5.74, 6) is 0. The third kappa shape index (κ3) is 3.34. The number of halogens is 1. The van der Waals surface area contributed by atoms with Gasteiger partial charge in [-0.3, -0.25) is 14.9 Å². The Morgan fingerprint density at radius 1 is 1.08 bits per heavy atom. The van der Waals surface area contributed by atoms with Gasteiger partial charge in [-0.1, -0.05) is 17.7 Å². The molecule has 1 saturated heterocycles. The number of hydrogen-bond donors (Lipinski definition) is 0. The lowest BCUT2D eigenvalue weighted by atomic mass is 10.1. The van der Waals surface area contributed by atoms with Gasteiger partial charge in [-0.05, 0) is 30.3 Å². The van der Waals surface area contributed by atoms with Crippen LogP contribution in [0.5, 0.6) is 0 Å². The normalized spacial score (nSPS) is 15.2. The Balaban J connectivity index is 1.57. The number of anilines is 1. The fourth-order valence-corrected chi connectivity index (χ4v) is 3.60. The topological polar surface area (TPSA) is 56.1 Å². The number of aromatic nitrogens is 2. The van der Waals surface area contributed by atoms with Crippen molar-refractivity contribution >= 4 is 28.2 Å². The van der Waals surface area contributed by atoms with E-state index >= 15 is 0 Å². The average molecular weight is 364 g/mol. The van der Waals surface area contributed by atoms with E-state index in [2.05, 4.69) is 31.9 Å². The van der Waals surface area contributed by atoms with Crippen LogP contribution in [-0.4, -0.2) is 41.0 Å². The molecule has 1 fully saturated rings. The van der Waals surface area contributed by atoms with Crippen LogP contribution in [0.25, 0.3) is 10.9 Å². The number of nitrogens with zero attached hydrogens (tertiary/aromatic N) is 5. The van der Waals surface area contributed by atoms with Crippen molar-refractivity contribution in [3.63, 3.8) is 0 Å². The van der Waals surface area contributed by atoms with E-state index in [-0.39, 0.29) is 0 Å². The van der Waals surface area contributed by atoms with Crippen molar-refractivity contribution in [2.75, 3.05) is 31.1 Å². The fraction of sp³-hybridized carbons (Fsp3) is 0.250. The zero-order valence-electron chi connectivity index (χ0n) is 14.3. The minimum atomic E-state index is 0.595. The molecule has 4 rings (SSSR count). The van der Waals surface area contributed by atoms with Crippen LogP contribution in [0, 0.1) is 11.3 Å². The molecule has 6 heteroatoms. The van der Waals surface area contributed by atoms with Crippen molar-refractivity contribution < 1.29 is 0 Å². The van der Waals surface area contributed by atoms with Crippen LogP contribution >= 0.6 is 11.6 Å². The van der Waals surface area contributed by atoms with Crippen LogP contribution in [0.1, 0.15) is 11.3 Å². The third-order valence-electron chi connectivity index (χ3n) is 4.72. The molecule has 0 bridgehead atoms. The summed E-state index contributed by atoms with van der Waals surface area (Å²) in [6.07, 6.45) is 3.49. The zero-order chi connectivity index (χ0) is 17.9. The Labute approximate surface area is 157 Å². The second-order valence-corrected chi connectivity index (χ2v) is 6.81. The molecule has 1 aromatic carbocycles. The molecular weight excluding hydrogens is 346 g/mol. The Kier molecular flexibility index (Phi) is 4.70. The van der Waals surface area contributed by atoms with Crippen molar-refractivity contribution in [1.29, 1.82) is 5.26 Å². The van der Waals surface area contributed by atoms with Gasteiger partial charge >= 0.3 is 0 Å². The second kappa shape index (κ2) is 7.28. The Hall–Kier alpha value is -2.68. The number of rotatable bonds is 3. The molecule has 3 aromatic rings. The SMILES string of the molecule is N#Cc1cnc2ccc(Cl)cc2c1N1CCN(Cc2ccccn2)CC1. The molecule has 0 spiro atoms. The highest BCUT2D eigenvalue weighted by Gasteiger charge is 2.22. The first-order chi connectivity index (χ1) is 12.7. The van der Waals surface area contributed by atoms with Crippen molar-refractivity contribution in [2.45, 2.75) is 6.54 Å². The lowest BCUT2D eigenvalue weighted by molar-refractivity contribution is 0.247. The van der Waals surface area contributed by atoms with Crippen molar-refractivity contribution in [2.24, 2.45) is 0 Å². The van der Waals surface area contributed by atoms with Crippen molar-refractivity contribution in [3.8, 4) is 6.07 Å². The number of hydrogen-bond acceptors (Lipinski definition) is 5. The smallest absolute Gasteiger partial charge is 0.103 e. The maximum absolute atomic E-state index is 9.56. The molecule has 0 unspecified atom stereocenters. The van der Waals surface area contributed by atoms with Crippen LogP contribution in [-0.2, 0) is 6.54 Å². The highest BCUT2D eigenvalue weighted by Crippen LogP contribution is 2.32. The summed E-state index contributed by atoms with van der Waals surface area (Å²) in [4.78, 5) is 13.5. The van der Waals surface area contributed by atoms with Crippen LogP contribution in [0.15, 0.2) is 48.8 Å². The van der Waals surface area contributed by atoms with Gasteiger partial charge in [0.1, 0.15) is 6.07 Å². The van der Waals surface area contributed by atoms with E-state index in [4.69, 9.17) is 11.6 Å². The van der Waals surface area contributed by atoms with E-state index in [9.17, 15) is 5.26 Å². The Morgan fingerprint density at radius 3 is 2.65 bits per heavy atom. The number of nitriles is 1. The van der Waals surface area contributed by atoms with Crippen LogP contribution in [0.3, 0.4) is 0 Å². The third-order valence-corrected chi connectivity index (χ3v) is 4.96. The number of fused-ring (bicyclic) bond motifs is 1. The maximum Gasteiger partial charge on any atom is 0.103 e. The van der Waals surface area contributed by atoms with Gasteiger partial charge in [0.2, 0.25) is 0 Å². The first-order valence-corrected chi connectivity index (χ1v) is 8.98. The molecule has 1 aliphatic heterocycles. The minimum Gasteiger partial charge on any atom is -0.367 e. The number of pyridine rings is 2. The lowest BCUT2D eigenvalue weighted by Crippen LogP contribution is -2.46. The summed E-state index contributed by atoms with van der Waals surface area (Å²) in [7, 11) is 0. The van der Waals surface area contributed by atoms with Gasteiger partial charge in [-0.2, -0.15) is 5.26 Å². The molecule has 5 nitrogen and oxygen atoms in total. The van der Waals surface area contributed by atoms with Gasteiger partial charge in [0, 0.05) is 55.5 Å². The lowest BCUT2D eigenvalue weighted by Gasteiger charge is -2.36. The van der Waals surface area contributed by atoms with E-state index in [1.165, 1.54) is 0 Å². The number of piperazine rings is 1. The zero-order valence-corrected chi connectivity index (χ0v) is 15.0. The maximum atomic E-state index is 9.56. The summed E-state index contributed by atoms with van der Waals surface area (Å²) < 4.78 is 0. The van der Waals surface area contributed by atoms with Gasteiger partial charge in [-0.15, -0.1) is 0 Å².